The molecular formula is C18H22N2O5S2. The lowest BCUT2D eigenvalue weighted by Crippen LogP contribution is -2.40. The molecule has 1 aliphatic heterocycles. The molecule has 3 rings (SSSR count). The molecule has 0 unspecified atom stereocenters. The Labute approximate surface area is 163 Å². The van der Waals surface area contributed by atoms with Gasteiger partial charge in [0.1, 0.15) is 5.75 Å². The van der Waals surface area contributed by atoms with Gasteiger partial charge in [-0.3, -0.25) is 4.79 Å². The van der Waals surface area contributed by atoms with Gasteiger partial charge in [0.15, 0.2) is 0 Å². The standard InChI is InChI=1S/C18H22N2O5S2/c1-24-17-6-5-15(27(22,23)20-8-10-25-11-9-20)13-16(17)19-18(21)7-4-14-3-2-12-26-14/h2-3,5-6,12-13H,4,7-11H2,1H3,(H,19,21). The van der Waals surface area contributed by atoms with Gasteiger partial charge in [-0.25, -0.2) is 8.42 Å². The Kier molecular flexibility index (Phi) is 6.48. The number of carbonyl (C=O) groups is 1. The molecule has 1 amide bonds. The number of benzene rings is 1. The van der Waals surface area contributed by atoms with E-state index in [9.17, 15) is 13.2 Å². The van der Waals surface area contributed by atoms with E-state index >= 15 is 0 Å². The van der Waals surface area contributed by atoms with E-state index in [1.165, 1.54) is 23.5 Å². The van der Waals surface area contributed by atoms with Gasteiger partial charge in [-0.15, -0.1) is 11.3 Å². The summed E-state index contributed by atoms with van der Waals surface area (Å²) >= 11 is 1.60. The van der Waals surface area contributed by atoms with E-state index in [4.69, 9.17) is 9.47 Å². The van der Waals surface area contributed by atoms with Crippen LogP contribution in [0.15, 0.2) is 40.6 Å². The summed E-state index contributed by atoms with van der Waals surface area (Å²) in [6.07, 6.45) is 0.946. The molecule has 1 aromatic carbocycles. The molecule has 1 saturated heterocycles. The number of nitrogens with zero attached hydrogens (tertiary/aromatic N) is 1. The number of aryl methyl sites for hydroxylation is 1. The SMILES string of the molecule is COc1ccc(S(=O)(=O)N2CCOCC2)cc1NC(=O)CCc1cccs1. The second kappa shape index (κ2) is 8.83. The van der Waals surface area contributed by atoms with Crippen LogP contribution in [-0.4, -0.2) is 52.0 Å². The van der Waals surface area contributed by atoms with Gasteiger partial charge in [0, 0.05) is 24.4 Å². The van der Waals surface area contributed by atoms with Crippen molar-refractivity contribution >= 4 is 33.0 Å². The van der Waals surface area contributed by atoms with Crippen LogP contribution >= 0.6 is 11.3 Å². The third-order valence-electron chi connectivity index (χ3n) is 4.23. The zero-order valence-electron chi connectivity index (χ0n) is 15.0. The van der Waals surface area contributed by atoms with Gasteiger partial charge in [0.05, 0.1) is 30.9 Å². The summed E-state index contributed by atoms with van der Waals surface area (Å²) in [7, 11) is -2.17. The minimum atomic E-state index is -3.64. The summed E-state index contributed by atoms with van der Waals surface area (Å²) < 4.78 is 37.5. The highest BCUT2D eigenvalue weighted by molar-refractivity contribution is 7.89. The summed E-state index contributed by atoms with van der Waals surface area (Å²) in [4.78, 5) is 13.5. The largest absolute Gasteiger partial charge is 0.495 e. The van der Waals surface area contributed by atoms with Crippen molar-refractivity contribution in [1.82, 2.24) is 4.31 Å². The molecule has 2 heterocycles. The van der Waals surface area contributed by atoms with Gasteiger partial charge in [0.2, 0.25) is 15.9 Å². The third kappa shape index (κ3) is 4.86. The van der Waals surface area contributed by atoms with Crippen LogP contribution in [0.3, 0.4) is 0 Å². The molecule has 0 bridgehead atoms. The molecular weight excluding hydrogens is 388 g/mol. The molecule has 0 atom stereocenters. The van der Waals surface area contributed by atoms with Crippen molar-refractivity contribution in [2.75, 3.05) is 38.7 Å². The van der Waals surface area contributed by atoms with Crippen LogP contribution in [0.25, 0.3) is 0 Å². The van der Waals surface area contributed by atoms with Crippen LogP contribution in [0.1, 0.15) is 11.3 Å². The Bertz CT molecular complexity index is 875. The number of hydrogen-bond acceptors (Lipinski definition) is 6. The minimum absolute atomic E-state index is 0.124. The first-order chi connectivity index (χ1) is 13.0. The fraction of sp³-hybridized carbons (Fsp3) is 0.389. The molecule has 0 radical (unpaired) electrons. The second-order valence-electron chi connectivity index (χ2n) is 6.01. The summed E-state index contributed by atoms with van der Waals surface area (Å²) in [5.74, 6) is 0.225. The van der Waals surface area contributed by atoms with Crippen molar-refractivity contribution < 1.29 is 22.7 Å². The van der Waals surface area contributed by atoms with Crippen LogP contribution in [0, 0.1) is 0 Å². The first-order valence-electron chi connectivity index (χ1n) is 8.59. The molecule has 1 N–H and O–H groups in total. The summed E-state index contributed by atoms with van der Waals surface area (Å²) in [6, 6.07) is 8.43. The Morgan fingerprint density at radius 1 is 1.30 bits per heavy atom. The lowest BCUT2D eigenvalue weighted by molar-refractivity contribution is -0.116. The number of carbonyl (C=O) groups excluding carboxylic acids is 1. The number of anilines is 1. The van der Waals surface area contributed by atoms with Crippen LogP contribution in [0.2, 0.25) is 0 Å². The number of ether oxygens (including phenoxy) is 2. The van der Waals surface area contributed by atoms with Crippen LogP contribution in [0.4, 0.5) is 5.69 Å². The van der Waals surface area contributed by atoms with E-state index in [0.29, 0.717) is 50.6 Å². The van der Waals surface area contributed by atoms with Gasteiger partial charge in [0.25, 0.3) is 0 Å². The van der Waals surface area contributed by atoms with Crippen LogP contribution in [0.5, 0.6) is 5.75 Å². The van der Waals surface area contributed by atoms with Crippen molar-refractivity contribution in [2.45, 2.75) is 17.7 Å². The first-order valence-corrected chi connectivity index (χ1v) is 10.9. The smallest absolute Gasteiger partial charge is 0.243 e. The number of nitrogens with one attached hydrogen (secondary N) is 1. The number of methoxy groups -OCH3 is 1. The highest BCUT2D eigenvalue weighted by Gasteiger charge is 2.27. The summed E-state index contributed by atoms with van der Waals surface area (Å²) in [6.45, 7) is 1.39. The van der Waals surface area contributed by atoms with Gasteiger partial charge in [-0.1, -0.05) is 6.07 Å². The van der Waals surface area contributed by atoms with Crippen molar-refractivity contribution in [1.29, 1.82) is 0 Å². The van der Waals surface area contributed by atoms with E-state index in [-0.39, 0.29) is 10.8 Å². The molecule has 1 fully saturated rings. The maximum atomic E-state index is 12.8. The fourth-order valence-electron chi connectivity index (χ4n) is 2.79. The average molecular weight is 411 g/mol. The van der Waals surface area contributed by atoms with Crippen molar-refractivity contribution in [3.8, 4) is 5.75 Å². The zero-order valence-corrected chi connectivity index (χ0v) is 16.6. The Morgan fingerprint density at radius 2 is 2.07 bits per heavy atom. The minimum Gasteiger partial charge on any atom is -0.495 e. The predicted octanol–water partition coefficient (Wildman–Crippen LogP) is 2.35. The van der Waals surface area contributed by atoms with Crippen molar-refractivity contribution in [2.24, 2.45) is 0 Å². The van der Waals surface area contributed by atoms with Gasteiger partial charge in [-0.05, 0) is 36.1 Å². The van der Waals surface area contributed by atoms with Gasteiger partial charge in [-0.2, -0.15) is 4.31 Å². The maximum Gasteiger partial charge on any atom is 0.243 e. The predicted molar refractivity (Wildman–Crippen MR) is 104 cm³/mol. The number of amides is 1. The number of hydrogen-bond donors (Lipinski definition) is 1. The number of thiophene rings is 1. The molecule has 0 saturated carbocycles. The maximum absolute atomic E-state index is 12.8. The van der Waals surface area contributed by atoms with Crippen molar-refractivity contribution in [3.05, 3.63) is 40.6 Å². The van der Waals surface area contributed by atoms with E-state index in [1.54, 1.807) is 17.4 Å². The number of sulfonamides is 1. The number of rotatable bonds is 7. The van der Waals surface area contributed by atoms with Crippen LogP contribution in [-0.2, 0) is 26.0 Å². The highest BCUT2D eigenvalue weighted by Crippen LogP contribution is 2.29. The molecule has 2 aromatic rings. The monoisotopic (exact) mass is 410 g/mol. The Balaban J connectivity index is 1.75. The quantitative estimate of drug-likeness (QED) is 0.757. The van der Waals surface area contributed by atoms with E-state index < -0.39 is 10.0 Å². The van der Waals surface area contributed by atoms with E-state index in [1.807, 2.05) is 17.5 Å². The Morgan fingerprint density at radius 3 is 2.74 bits per heavy atom. The molecule has 1 aliphatic rings. The van der Waals surface area contributed by atoms with E-state index in [0.717, 1.165) is 4.88 Å². The molecule has 7 nitrogen and oxygen atoms in total. The summed E-state index contributed by atoms with van der Waals surface area (Å²) in [5.41, 5.74) is 0.350. The lowest BCUT2D eigenvalue weighted by atomic mass is 10.2. The molecule has 27 heavy (non-hydrogen) atoms. The topological polar surface area (TPSA) is 84.9 Å². The number of morpholine rings is 1. The normalized spacial score (nSPS) is 15.4. The molecule has 0 aliphatic carbocycles. The molecule has 146 valence electrons. The van der Waals surface area contributed by atoms with Gasteiger partial charge < -0.3 is 14.8 Å². The molecule has 9 heteroatoms. The highest BCUT2D eigenvalue weighted by atomic mass is 32.2. The zero-order chi connectivity index (χ0) is 19.3. The molecule has 1 aromatic heterocycles. The fourth-order valence-corrected chi connectivity index (χ4v) is 4.93. The molecule has 0 spiro atoms. The van der Waals surface area contributed by atoms with Crippen molar-refractivity contribution in [3.63, 3.8) is 0 Å². The third-order valence-corrected chi connectivity index (χ3v) is 7.06. The van der Waals surface area contributed by atoms with Gasteiger partial charge >= 0.3 is 0 Å². The lowest BCUT2D eigenvalue weighted by Gasteiger charge is -2.26. The second-order valence-corrected chi connectivity index (χ2v) is 8.98. The van der Waals surface area contributed by atoms with E-state index in [2.05, 4.69) is 5.32 Å². The van der Waals surface area contributed by atoms with Crippen LogP contribution < -0.4 is 10.1 Å². The summed E-state index contributed by atoms with van der Waals surface area (Å²) in [5, 5.41) is 4.74. The average Bonchev–Trinajstić information content (AvgIpc) is 3.20. The first kappa shape index (κ1) is 19.8. The Hall–Kier alpha value is -1.94.